The Morgan fingerprint density at radius 3 is 2.66 bits per heavy atom. The maximum Gasteiger partial charge on any atom is 0.269 e. The van der Waals surface area contributed by atoms with E-state index in [0.717, 1.165) is 25.2 Å². The number of fused-ring (bicyclic) bond motifs is 1. The van der Waals surface area contributed by atoms with Crippen molar-refractivity contribution in [3.63, 3.8) is 0 Å². The van der Waals surface area contributed by atoms with E-state index in [2.05, 4.69) is 29.0 Å². The van der Waals surface area contributed by atoms with E-state index in [1.54, 1.807) is 19.2 Å². The standard InChI is InChI=1S/C24H30N4O4/c1-4-27(5-2)12-13-32-21-11-10-18(14-22(21)31-3)15-26-23(29)17-28-20-9-7-6-8-19(20)25-16-24(28)30/h6-11,14,16H,4-5,12-13,15,17H2,1-3H3,(H,26,29). The van der Waals surface area contributed by atoms with Crippen molar-refractivity contribution < 1.29 is 14.3 Å². The third-order valence-corrected chi connectivity index (χ3v) is 5.33. The summed E-state index contributed by atoms with van der Waals surface area (Å²) in [5.74, 6) is 1.03. The number of aromatic nitrogens is 2. The van der Waals surface area contributed by atoms with Crippen LogP contribution in [0.15, 0.2) is 53.5 Å². The zero-order chi connectivity index (χ0) is 22.9. The first-order chi connectivity index (χ1) is 15.5. The number of nitrogens with zero attached hydrogens (tertiary/aromatic N) is 3. The van der Waals surface area contributed by atoms with Crippen LogP contribution in [0.25, 0.3) is 11.0 Å². The van der Waals surface area contributed by atoms with Gasteiger partial charge < -0.3 is 19.7 Å². The number of para-hydroxylation sites is 2. The van der Waals surface area contributed by atoms with Crippen LogP contribution in [0, 0.1) is 0 Å². The fraction of sp³-hybridized carbons (Fsp3) is 0.375. The van der Waals surface area contributed by atoms with Gasteiger partial charge in [-0.3, -0.25) is 14.2 Å². The average Bonchev–Trinajstić information content (AvgIpc) is 2.82. The second-order valence-corrected chi connectivity index (χ2v) is 7.31. The lowest BCUT2D eigenvalue weighted by Crippen LogP contribution is -2.32. The van der Waals surface area contributed by atoms with Crippen LogP contribution in [0.4, 0.5) is 0 Å². The highest BCUT2D eigenvalue weighted by Crippen LogP contribution is 2.28. The molecule has 1 heterocycles. The van der Waals surface area contributed by atoms with Gasteiger partial charge in [0.05, 0.1) is 24.3 Å². The Hall–Kier alpha value is -3.39. The van der Waals surface area contributed by atoms with Gasteiger partial charge in [-0.05, 0) is 42.9 Å². The molecule has 0 radical (unpaired) electrons. The summed E-state index contributed by atoms with van der Waals surface area (Å²) in [6, 6.07) is 12.8. The predicted octanol–water partition coefficient (Wildman–Crippen LogP) is 2.44. The Bertz CT molecular complexity index is 1110. The van der Waals surface area contributed by atoms with E-state index in [4.69, 9.17) is 9.47 Å². The van der Waals surface area contributed by atoms with Crippen LogP contribution in [0.2, 0.25) is 0 Å². The molecule has 0 atom stereocenters. The summed E-state index contributed by atoms with van der Waals surface area (Å²) in [6.07, 6.45) is 1.24. The summed E-state index contributed by atoms with van der Waals surface area (Å²) >= 11 is 0. The lowest BCUT2D eigenvalue weighted by atomic mass is 10.2. The van der Waals surface area contributed by atoms with Gasteiger partial charge in [-0.25, -0.2) is 4.98 Å². The van der Waals surface area contributed by atoms with E-state index < -0.39 is 0 Å². The largest absolute Gasteiger partial charge is 0.493 e. The predicted molar refractivity (Wildman–Crippen MR) is 124 cm³/mol. The van der Waals surface area contributed by atoms with Crippen molar-refractivity contribution in [2.45, 2.75) is 26.9 Å². The highest BCUT2D eigenvalue weighted by atomic mass is 16.5. The van der Waals surface area contributed by atoms with Gasteiger partial charge >= 0.3 is 0 Å². The zero-order valence-electron chi connectivity index (χ0n) is 18.8. The molecular formula is C24H30N4O4. The van der Waals surface area contributed by atoms with Crippen LogP contribution >= 0.6 is 0 Å². The SMILES string of the molecule is CCN(CC)CCOc1ccc(CNC(=O)Cn2c(=O)cnc3ccccc32)cc1OC. The molecule has 0 unspecified atom stereocenters. The van der Waals surface area contributed by atoms with Gasteiger partial charge in [-0.2, -0.15) is 0 Å². The van der Waals surface area contributed by atoms with E-state index in [1.165, 1.54) is 10.8 Å². The Kier molecular flexibility index (Phi) is 8.21. The second kappa shape index (κ2) is 11.3. The normalized spacial score (nSPS) is 11.0. The fourth-order valence-electron chi connectivity index (χ4n) is 3.44. The van der Waals surface area contributed by atoms with Crippen LogP contribution in [-0.4, -0.2) is 53.7 Å². The number of benzene rings is 2. The van der Waals surface area contributed by atoms with Crippen molar-refractivity contribution in [2.24, 2.45) is 0 Å². The molecule has 1 N–H and O–H groups in total. The van der Waals surface area contributed by atoms with Crippen LogP contribution in [0.3, 0.4) is 0 Å². The molecule has 3 rings (SSSR count). The van der Waals surface area contributed by atoms with E-state index in [9.17, 15) is 9.59 Å². The third-order valence-electron chi connectivity index (χ3n) is 5.33. The number of methoxy groups -OCH3 is 1. The molecule has 0 saturated carbocycles. The number of likely N-dealkylation sites (N-methyl/N-ethyl adjacent to an activating group) is 1. The van der Waals surface area contributed by atoms with E-state index in [1.807, 2.05) is 30.3 Å². The number of carbonyl (C=O) groups is 1. The summed E-state index contributed by atoms with van der Waals surface area (Å²) < 4.78 is 12.8. The van der Waals surface area contributed by atoms with E-state index in [-0.39, 0.29) is 18.0 Å². The number of hydrogen-bond acceptors (Lipinski definition) is 6. The first-order valence-corrected chi connectivity index (χ1v) is 10.8. The van der Waals surface area contributed by atoms with Gasteiger partial charge in [0.15, 0.2) is 11.5 Å². The fourth-order valence-corrected chi connectivity index (χ4v) is 3.44. The van der Waals surface area contributed by atoms with Crippen molar-refractivity contribution in [2.75, 3.05) is 33.4 Å². The minimum atomic E-state index is -0.313. The van der Waals surface area contributed by atoms with E-state index in [0.29, 0.717) is 35.7 Å². The molecule has 0 aliphatic carbocycles. The van der Waals surface area contributed by atoms with Gasteiger partial charge in [0.2, 0.25) is 5.91 Å². The van der Waals surface area contributed by atoms with Crippen molar-refractivity contribution in [1.82, 2.24) is 19.8 Å². The Morgan fingerprint density at radius 2 is 1.91 bits per heavy atom. The number of rotatable bonds is 11. The maximum atomic E-state index is 12.5. The van der Waals surface area contributed by atoms with Gasteiger partial charge in [-0.1, -0.05) is 32.0 Å². The highest BCUT2D eigenvalue weighted by Gasteiger charge is 2.11. The smallest absolute Gasteiger partial charge is 0.269 e. The summed E-state index contributed by atoms with van der Waals surface area (Å²) in [5, 5.41) is 2.86. The van der Waals surface area contributed by atoms with Gasteiger partial charge in [0.25, 0.3) is 5.56 Å². The molecule has 0 saturated heterocycles. The summed E-state index contributed by atoms with van der Waals surface area (Å²) in [6.45, 7) is 7.87. The molecular weight excluding hydrogens is 408 g/mol. The van der Waals surface area contributed by atoms with Gasteiger partial charge in [0, 0.05) is 13.1 Å². The quantitative estimate of drug-likeness (QED) is 0.495. The minimum Gasteiger partial charge on any atom is -0.493 e. The molecule has 0 bridgehead atoms. The molecule has 0 aliphatic heterocycles. The Labute approximate surface area is 187 Å². The molecule has 1 amide bonds. The molecule has 8 heteroatoms. The van der Waals surface area contributed by atoms with Gasteiger partial charge in [0.1, 0.15) is 13.2 Å². The number of hydrogen-bond donors (Lipinski definition) is 1. The van der Waals surface area contributed by atoms with Crippen LogP contribution < -0.4 is 20.3 Å². The first-order valence-electron chi connectivity index (χ1n) is 10.8. The summed E-state index contributed by atoms with van der Waals surface area (Å²) in [4.78, 5) is 31.1. The molecule has 1 aromatic heterocycles. The van der Waals surface area contributed by atoms with Crippen molar-refractivity contribution in [3.8, 4) is 11.5 Å². The summed E-state index contributed by atoms with van der Waals surface area (Å²) in [7, 11) is 1.59. The molecule has 8 nitrogen and oxygen atoms in total. The second-order valence-electron chi connectivity index (χ2n) is 7.31. The number of ether oxygens (including phenoxy) is 2. The minimum absolute atomic E-state index is 0.0778. The van der Waals surface area contributed by atoms with Crippen molar-refractivity contribution >= 4 is 16.9 Å². The molecule has 32 heavy (non-hydrogen) atoms. The molecule has 0 spiro atoms. The van der Waals surface area contributed by atoms with Crippen LogP contribution in [0.1, 0.15) is 19.4 Å². The molecule has 0 aliphatic rings. The monoisotopic (exact) mass is 438 g/mol. The molecule has 3 aromatic rings. The molecule has 2 aromatic carbocycles. The lowest BCUT2D eigenvalue weighted by Gasteiger charge is -2.19. The lowest BCUT2D eigenvalue weighted by molar-refractivity contribution is -0.121. The highest BCUT2D eigenvalue weighted by molar-refractivity contribution is 5.79. The average molecular weight is 439 g/mol. The van der Waals surface area contributed by atoms with E-state index >= 15 is 0 Å². The third kappa shape index (κ3) is 5.85. The number of amides is 1. The number of carbonyl (C=O) groups excluding carboxylic acids is 1. The summed E-state index contributed by atoms with van der Waals surface area (Å²) in [5.41, 5.74) is 1.86. The Morgan fingerprint density at radius 1 is 1.12 bits per heavy atom. The van der Waals surface area contributed by atoms with Crippen molar-refractivity contribution in [3.05, 3.63) is 64.6 Å². The Balaban J connectivity index is 1.60. The van der Waals surface area contributed by atoms with Crippen molar-refractivity contribution in [1.29, 1.82) is 0 Å². The molecule has 0 fully saturated rings. The number of nitrogens with one attached hydrogen (secondary N) is 1. The zero-order valence-corrected chi connectivity index (χ0v) is 18.8. The topological polar surface area (TPSA) is 85.7 Å². The molecule has 170 valence electrons. The van der Waals surface area contributed by atoms with Gasteiger partial charge in [-0.15, -0.1) is 0 Å². The van der Waals surface area contributed by atoms with Crippen LogP contribution in [-0.2, 0) is 17.9 Å². The van der Waals surface area contributed by atoms with Crippen LogP contribution in [0.5, 0.6) is 11.5 Å². The first kappa shape index (κ1) is 23.3. The maximum absolute atomic E-state index is 12.5.